The van der Waals surface area contributed by atoms with Crippen molar-refractivity contribution in [1.29, 1.82) is 0 Å². The molecule has 556 valence electrons. The van der Waals surface area contributed by atoms with E-state index in [1.165, 1.54) is 128 Å². The van der Waals surface area contributed by atoms with Gasteiger partial charge >= 0.3 is 111 Å². The molecular weight excluding hydrogens is 1860 g/mol. The first-order valence-electron chi connectivity index (χ1n) is 34.0. The smallest absolute Gasteiger partial charge is 0.0134 e. The molecule has 0 aromatic heterocycles. The summed E-state index contributed by atoms with van der Waals surface area (Å²) in [5, 5.41) is 8.39. The summed E-state index contributed by atoms with van der Waals surface area (Å²) >= 11 is 20.3. The summed E-state index contributed by atoms with van der Waals surface area (Å²) in [5.41, 5.74) is 3.08. The fourth-order valence-electron chi connectivity index (χ4n) is 12.8. The van der Waals surface area contributed by atoms with Gasteiger partial charge in [0.05, 0.1) is 0 Å². The van der Waals surface area contributed by atoms with Gasteiger partial charge in [0.1, 0.15) is 0 Å². The van der Waals surface area contributed by atoms with Crippen LogP contribution in [0.1, 0.15) is 147 Å². The molecule has 0 nitrogen and oxygen atoms in total. The molecule has 0 N–H and O–H groups in total. The number of hydrogen-bond donors (Lipinski definition) is 0. The van der Waals surface area contributed by atoms with Crippen LogP contribution < -0.4 is 31.8 Å². The van der Waals surface area contributed by atoms with Crippen LogP contribution in [0.2, 0.25) is 19.1 Å². The van der Waals surface area contributed by atoms with Gasteiger partial charge in [-0.05, 0) is 157 Å². The van der Waals surface area contributed by atoms with Gasteiger partial charge in [0, 0.05) is 0 Å². The summed E-state index contributed by atoms with van der Waals surface area (Å²) in [6.07, 6.45) is 23.0. The number of allylic oxidation sites excluding steroid dienone is 1. The van der Waals surface area contributed by atoms with E-state index in [-0.39, 0.29) is 29.7 Å². The summed E-state index contributed by atoms with van der Waals surface area (Å²) in [6, 6.07) is 87.6. The second-order valence-corrected chi connectivity index (χ2v) is 54.3. The SMILES string of the molecule is C=CCC1CCCC1.CC1CC(c2ccccc2)CC1C.CC1CC(c2ccccc2)CC1C.C[SiH](Cl)Cl.C[Si](Cl)(Cl)CCCC1CCCC1.[CH3-].[CH3-].[CH3-].[CH3-].[Cl][Pt][Cl].[Cl][Zr+2][Cl].[Cl][Zr+2][Cl].c1ccc(P(c2ccccc2)c2ccccc2)cc1.c1ccc(P(c2ccccc2)c2ccccc2)cc1. The average Bonchev–Trinajstić information content (AvgIpc) is 1.76. The molecule has 17 heteroatoms. The molecule has 0 bridgehead atoms. The molecule has 101 heavy (non-hydrogen) atoms. The maximum Gasteiger partial charge on any atom is -0.0134 e. The molecular formula is C84H114Cl10P2PtSi2Zr2. The van der Waals surface area contributed by atoms with Crippen LogP contribution in [-0.2, 0) is 58.2 Å². The second-order valence-electron chi connectivity index (χ2n) is 25.2. The molecule has 0 aliphatic heterocycles. The van der Waals surface area contributed by atoms with Crippen molar-refractivity contribution in [3.05, 3.63) is 296 Å². The maximum atomic E-state index is 6.02. The van der Waals surface area contributed by atoms with E-state index in [0.29, 0.717) is 0 Å². The predicted octanol–water partition coefficient (Wildman–Crippen LogP) is 29.1. The third-order valence-corrected chi connectivity index (χ3v) is 25.1. The van der Waals surface area contributed by atoms with Gasteiger partial charge in [-0.25, -0.2) is 0 Å². The Bertz CT molecular complexity index is 2710. The maximum absolute atomic E-state index is 6.02. The van der Waals surface area contributed by atoms with Gasteiger partial charge in [-0.15, -0.1) is 28.7 Å². The Hall–Kier alpha value is 0.148. The Morgan fingerprint density at radius 2 is 0.624 bits per heavy atom. The molecule has 4 unspecified atom stereocenters. The van der Waals surface area contributed by atoms with Crippen LogP contribution in [0.3, 0.4) is 0 Å². The summed E-state index contributed by atoms with van der Waals surface area (Å²) in [7, 11) is 27.4. The van der Waals surface area contributed by atoms with Crippen LogP contribution >= 0.6 is 113 Å². The van der Waals surface area contributed by atoms with Crippen molar-refractivity contribution in [2.45, 2.75) is 155 Å². The van der Waals surface area contributed by atoms with Crippen molar-refractivity contribution in [3.8, 4) is 0 Å². The Morgan fingerprint density at radius 3 is 0.822 bits per heavy atom. The van der Waals surface area contributed by atoms with Crippen LogP contribution in [0, 0.1) is 65.2 Å². The standard InChI is InChI=1S/2C18H15P.2C13H18.C9H18Cl2Si.C8H14.CH4Cl2Si.4CH3.6ClH.Pt.2Zr/c2*1-4-10-16(11-5-1)19(17-12-6-2-7-13-17)18-14-8-3-9-15-18;2*1-10-8-13(9-11(10)2)12-6-4-3-5-7-12;1-12(10,11)8-4-7-9-5-2-3-6-9;1-2-5-8-6-3-4-7-8;1-4(2)3;;;;;;;;;;;;;/h2*1-15H;2*3-7,10-11,13H,8-9H2,1-2H3;9H,2-8H2,1H3;2,8H,1,3-7H2;4H,1H3;4*1H3;6*1H;;;/q;;;;;;;4*-1;;;;;;;+2;2*+4/p-6. The van der Waals surface area contributed by atoms with Crippen molar-refractivity contribution in [2.24, 2.45) is 35.5 Å². The molecule has 4 aliphatic carbocycles. The summed E-state index contributed by atoms with van der Waals surface area (Å²) in [6.45, 7) is 15.3. The largest absolute Gasteiger partial charge is 0.0622 e. The minimum atomic E-state index is -1.78. The predicted molar refractivity (Wildman–Crippen MR) is 465 cm³/mol. The Balaban J connectivity index is 0. The normalized spacial score (nSPS) is 17.5. The van der Waals surface area contributed by atoms with Crippen LogP contribution in [0.25, 0.3) is 0 Å². The first-order valence-corrected chi connectivity index (χ1v) is 64.3. The molecule has 4 fully saturated rings. The minimum absolute atomic E-state index is 0. The van der Waals surface area contributed by atoms with Crippen molar-refractivity contribution in [1.82, 2.24) is 0 Å². The zero-order chi connectivity index (χ0) is 70.9. The number of rotatable bonds is 14. The van der Waals surface area contributed by atoms with E-state index < -0.39 is 88.1 Å². The Kier molecular flexibility index (Phi) is 66.3. The number of benzene rings is 8. The van der Waals surface area contributed by atoms with Crippen molar-refractivity contribution in [3.63, 3.8) is 0 Å². The average molecular weight is 1970 g/mol. The second kappa shape index (κ2) is 64.9. The summed E-state index contributed by atoms with van der Waals surface area (Å²) in [4.78, 5) is 0. The molecule has 4 atom stereocenters. The summed E-state index contributed by atoms with van der Waals surface area (Å²) < 4.78 is 0. The van der Waals surface area contributed by atoms with Gasteiger partial charge in [-0.1, -0.05) is 341 Å². The zero-order valence-corrected chi connectivity index (χ0v) is 80.1. The fourth-order valence-corrected chi connectivity index (χ4v) is 19.0. The van der Waals surface area contributed by atoms with Gasteiger partial charge in [0.2, 0.25) is 14.1 Å². The summed E-state index contributed by atoms with van der Waals surface area (Å²) in [5.74, 6) is 7.27. The topological polar surface area (TPSA) is 0 Å². The molecule has 0 radical (unpaired) electrons. The van der Waals surface area contributed by atoms with E-state index in [9.17, 15) is 0 Å². The van der Waals surface area contributed by atoms with Gasteiger partial charge in [0.25, 0.3) is 0 Å². The van der Waals surface area contributed by atoms with Crippen molar-refractivity contribution >= 4 is 159 Å². The monoisotopic (exact) mass is 1970 g/mol. The van der Waals surface area contributed by atoms with Crippen LogP contribution in [0.15, 0.2) is 255 Å². The van der Waals surface area contributed by atoms with Crippen molar-refractivity contribution in [2.75, 3.05) is 0 Å². The van der Waals surface area contributed by atoms with E-state index in [1.54, 1.807) is 11.1 Å². The van der Waals surface area contributed by atoms with E-state index >= 15 is 0 Å². The van der Waals surface area contributed by atoms with E-state index in [2.05, 4.69) is 283 Å². The van der Waals surface area contributed by atoms with E-state index in [1.807, 2.05) is 13.1 Å². The first-order chi connectivity index (χ1) is 46.9. The van der Waals surface area contributed by atoms with Crippen LogP contribution in [0.4, 0.5) is 0 Å². The van der Waals surface area contributed by atoms with E-state index in [0.717, 1.165) is 53.4 Å². The zero-order valence-electron chi connectivity index (χ0n) is 61.4. The van der Waals surface area contributed by atoms with Gasteiger partial charge in [-0.2, -0.15) is 22.2 Å². The van der Waals surface area contributed by atoms with Gasteiger partial charge < -0.3 is 29.7 Å². The Labute approximate surface area is 695 Å². The third-order valence-electron chi connectivity index (χ3n) is 17.9. The molecule has 0 heterocycles. The number of hydrogen-bond acceptors (Lipinski definition) is 0. The molecule has 4 aliphatic rings. The molecule has 0 amide bonds. The molecule has 0 saturated heterocycles. The van der Waals surface area contributed by atoms with Gasteiger partial charge in [-0.3, -0.25) is 0 Å². The van der Waals surface area contributed by atoms with Crippen LogP contribution in [0.5, 0.6) is 0 Å². The fraction of sp³-hybridized carbons (Fsp3) is 0.357. The first kappa shape index (κ1) is 103. The minimum Gasteiger partial charge on any atom is -0.0622 e. The quantitative estimate of drug-likeness (QED) is 0.0335. The molecule has 8 aromatic rings. The molecule has 4 saturated carbocycles. The molecule has 12 rings (SSSR count). The molecule has 0 spiro atoms. The van der Waals surface area contributed by atoms with Crippen LogP contribution in [-0.4, -0.2) is 14.1 Å². The van der Waals surface area contributed by atoms with Gasteiger partial charge in [0.15, 0.2) is 0 Å². The third kappa shape index (κ3) is 46.4. The Morgan fingerprint density at radius 1 is 0.426 bits per heavy atom. The van der Waals surface area contributed by atoms with E-state index in [4.69, 9.17) is 97.2 Å². The number of halogens is 10. The molecule has 8 aromatic carbocycles. The van der Waals surface area contributed by atoms with Crippen molar-refractivity contribution < 1.29 is 58.2 Å².